The molecule has 0 bridgehead atoms. The Labute approximate surface area is 115 Å². The van der Waals surface area contributed by atoms with Crippen LogP contribution in [0, 0.1) is 0 Å². The van der Waals surface area contributed by atoms with Crippen molar-refractivity contribution in [1.82, 2.24) is 0 Å². The van der Waals surface area contributed by atoms with Gasteiger partial charge in [0.25, 0.3) is 0 Å². The van der Waals surface area contributed by atoms with Crippen LogP contribution in [0.5, 0.6) is 0 Å². The lowest BCUT2D eigenvalue weighted by Gasteiger charge is -2.30. The first-order valence-corrected chi connectivity index (χ1v) is 8.92. The molecule has 0 aromatic carbocycles. The topological polar surface area (TPSA) is 62.0 Å². The molecule has 2 rings (SSSR count). The highest BCUT2D eigenvalue weighted by atomic mass is 28.4. The zero-order chi connectivity index (χ0) is 13.8. The lowest BCUT2D eigenvalue weighted by molar-refractivity contribution is -0.0514. The first-order chi connectivity index (χ1) is 9.17. The van der Waals surface area contributed by atoms with Crippen molar-refractivity contribution in [2.24, 2.45) is 0 Å². The second-order valence-electron chi connectivity index (χ2n) is 4.62. The van der Waals surface area contributed by atoms with Crippen LogP contribution in [-0.4, -0.2) is 60.3 Å². The minimum Gasteiger partial charge on any atom is -0.374 e. The highest BCUT2D eigenvalue weighted by Crippen LogP contribution is 2.39. The molecule has 6 nitrogen and oxygen atoms in total. The monoisotopic (exact) mass is 292 g/mol. The van der Waals surface area contributed by atoms with E-state index >= 15 is 0 Å². The summed E-state index contributed by atoms with van der Waals surface area (Å²) in [6.07, 6.45) is 0.225. The van der Waals surface area contributed by atoms with Gasteiger partial charge in [0.1, 0.15) is 12.7 Å². The van der Waals surface area contributed by atoms with Crippen molar-refractivity contribution in [3.8, 4) is 0 Å². The van der Waals surface area contributed by atoms with Gasteiger partial charge in [-0.1, -0.05) is 0 Å². The van der Waals surface area contributed by atoms with E-state index in [1.807, 2.05) is 20.8 Å². The van der Waals surface area contributed by atoms with Crippen molar-refractivity contribution in [3.05, 3.63) is 0 Å². The molecule has 2 aliphatic rings. The predicted octanol–water partition coefficient (Wildman–Crippen LogP) is 1.18. The fraction of sp³-hybridized carbons (Fsp3) is 1.00. The van der Waals surface area contributed by atoms with Gasteiger partial charge in [-0.25, -0.2) is 0 Å². The third-order valence-corrected chi connectivity index (χ3v) is 6.14. The van der Waals surface area contributed by atoms with Crippen LogP contribution in [0.4, 0.5) is 0 Å². The molecule has 0 aliphatic carbocycles. The zero-order valence-electron chi connectivity index (χ0n) is 12.0. The third-order valence-electron chi connectivity index (χ3n) is 2.98. The van der Waals surface area contributed by atoms with E-state index in [0.717, 1.165) is 6.61 Å². The first-order valence-electron chi connectivity index (χ1n) is 6.99. The summed E-state index contributed by atoms with van der Waals surface area (Å²) in [6.45, 7) is 9.44. The van der Waals surface area contributed by atoms with Crippen molar-refractivity contribution in [2.45, 2.75) is 38.7 Å². The lowest BCUT2D eigenvalue weighted by atomic mass is 10.4. The van der Waals surface area contributed by atoms with Crippen LogP contribution in [0.3, 0.4) is 0 Å². The van der Waals surface area contributed by atoms with Crippen LogP contribution in [0.25, 0.3) is 0 Å². The molecule has 0 radical (unpaired) electrons. The molecule has 0 aromatic rings. The van der Waals surface area contributed by atoms with Crippen molar-refractivity contribution in [3.63, 3.8) is 0 Å². The molecule has 2 heterocycles. The molecule has 2 saturated heterocycles. The molecule has 0 saturated carbocycles. The van der Waals surface area contributed by atoms with Crippen molar-refractivity contribution in [1.29, 1.82) is 0 Å². The highest BCUT2D eigenvalue weighted by molar-refractivity contribution is 6.61. The fourth-order valence-corrected chi connectivity index (χ4v) is 4.84. The lowest BCUT2D eigenvalue weighted by Crippen LogP contribution is -2.50. The summed E-state index contributed by atoms with van der Waals surface area (Å²) in [7, 11) is -2.71. The SMILES string of the molecule is CCO[Si](CC1(OCC2CO2)CO1)(OCC)OCC. The Kier molecular flexibility index (Phi) is 5.35. The van der Waals surface area contributed by atoms with Gasteiger partial charge in [0.15, 0.2) is 5.79 Å². The second kappa shape index (κ2) is 6.62. The number of epoxide rings is 2. The van der Waals surface area contributed by atoms with Gasteiger partial charge in [0.2, 0.25) is 0 Å². The minimum absolute atomic E-state index is 0.225. The average Bonchev–Trinajstić information content (AvgIpc) is 3.24. The Bertz CT molecular complexity index is 262. The van der Waals surface area contributed by atoms with E-state index in [9.17, 15) is 0 Å². The van der Waals surface area contributed by atoms with Crippen LogP contribution in [0.2, 0.25) is 6.04 Å². The maximum Gasteiger partial charge on any atom is 0.506 e. The molecule has 19 heavy (non-hydrogen) atoms. The molecule has 0 N–H and O–H groups in total. The van der Waals surface area contributed by atoms with E-state index in [1.165, 1.54) is 0 Å². The maximum atomic E-state index is 5.81. The van der Waals surface area contributed by atoms with E-state index in [-0.39, 0.29) is 6.10 Å². The van der Waals surface area contributed by atoms with Gasteiger partial charge in [-0.05, 0) is 20.8 Å². The summed E-state index contributed by atoms with van der Waals surface area (Å²) in [5.74, 6) is -0.586. The normalized spacial score (nSPS) is 29.5. The van der Waals surface area contributed by atoms with Crippen LogP contribution < -0.4 is 0 Å². The second-order valence-corrected chi connectivity index (χ2v) is 7.21. The van der Waals surface area contributed by atoms with E-state index in [4.69, 9.17) is 27.5 Å². The number of hydrogen-bond acceptors (Lipinski definition) is 6. The standard InChI is InChI=1S/C12H24O6Si/c1-4-16-19(17-5-2,18-6-3)10-12(9-15-12)14-8-11-7-13-11/h11H,4-10H2,1-3H3. The largest absolute Gasteiger partial charge is 0.506 e. The van der Waals surface area contributed by atoms with Gasteiger partial charge in [-0.3, -0.25) is 0 Å². The summed E-state index contributed by atoms with van der Waals surface area (Å²) in [6, 6.07) is 0.544. The Hall–Kier alpha value is -0.0231. The Morgan fingerprint density at radius 2 is 1.63 bits per heavy atom. The van der Waals surface area contributed by atoms with E-state index in [2.05, 4.69) is 0 Å². The zero-order valence-corrected chi connectivity index (χ0v) is 13.0. The van der Waals surface area contributed by atoms with Crippen LogP contribution in [-0.2, 0) is 27.5 Å². The summed E-state index contributed by atoms with van der Waals surface area (Å²) >= 11 is 0. The van der Waals surface area contributed by atoms with Gasteiger partial charge >= 0.3 is 8.80 Å². The quantitative estimate of drug-likeness (QED) is 0.421. The van der Waals surface area contributed by atoms with Crippen molar-refractivity contribution >= 4 is 8.80 Å². The maximum absolute atomic E-state index is 5.81. The predicted molar refractivity (Wildman–Crippen MR) is 69.8 cm³/mol. The highest BCUT2D eigenvalue weighted by Gasteiger charge is 2.58. The van der Waals surface area contributed by atoms with Gasteiger partial charge in [-0.15, -0.1) is 0 Å². The van der Waals surface area contributed by atoms with Gasteiger partial charge in [-0.2, -0.15) is 0 Å². The third kappa shape index (κ3) is 4.49. The minimum atomic E-state index is -2.71. The molecule has 2 aliphatic heterocycles. The fourth-order valence-electron chi connectivity index (χ4n) is 1.99. The molecule has 0 spiro atoms. The van der Waals surface area contributed by atoms with Crippen LogP contribution >= 0.6 is 0 Å². The van der Waals surface area contributed by atoms with Crippen molar-refractivity contribution in [2.75, 3.05) is 39.6 Å². The first kappa shape index (κ1) is 15.4. The Morgan fingerprint density at radius 3 is 2.00 bits per heavy atom. The van der Waals surface area contributed by atoms with Crippen LogP contribution in [0.1, 0.15) is 20.8 Å². The number of hydrogen-bond donors (Lipinski definition) is 0. The van der Waals surface area contributed by atoms with Gasteiger partial charge in [0.05, 0.1) is 19.3 Å². The van der Waals surface area contributed by atoms with E-state index in [0.29, 0.717) is 39.1 Å². The molecular weight excluding hydrogens is 268 g/mol. The van der Waals surface area contributed by atoms with Gasteiger partial charge in [0, 0.05) is 19.8 Å². The smallest absolute Gasteiger partial charge is 0.374 e. The molecule has 0 aromatic heterocycles. The number of ether oxygens (including phenoxy) is 3. The molecular formula is C12H24O6Si. The summed E-state index contributed by atoms with van der Waals surface area (Å²) in [5.41, 5.74) is 0. The Balaban J connectivity index is 1.92. The summed E-state index contributed by atoms with van der Waals surface area (Å²) in [5, 5.41) is 0. The molecule has 2 atom stereocenters. The molecule has 2 unspecified atom stereocenters. The molecule has 7 heteroatoms. The number of rotatable bonds is 11. The van der Waals surface area contributed by atoms with E-state index < -0.39 is 14.6 Å². The van der Waals surface area contributed by atoms with E-state index in [1.54, 1.807) is 0 Å². The molecule has 0 amide bonds. The molecule has 112 valence electrons. The Morgan fingerprint density at radius 1 is 1.11 bits per heavy atom. The summed E-state index contributed by atoms with van der Waals surface area (Å²) < 4.78 is 33.9. The molecule has 2 fully saturated rings. The van der Waals surface area contributed by atoms with Crippen LogP contribution in [0.15, 0.2) is 0 Å². The summed E-state index contributed by atoms with van der Waals surface area (Å²) in [4.78, 5) is 0. The van der Waals surface area contributed by atoms with Gasteiger partial charge < -0.3 is 27.5 Å². The van der Waals surface area contributed by atoms with Crippen molar-refractivity contribution < 1.29 is 27.5 Å². The average molecular weight is 292 g/mol.